The first-order valence-electron chi connectivity index (χ1n) is 13.6. The van der Waals surface area contributed by atoms with Crippen molar-refractivity contribution >= 4 is 23.9 Å². The zero-order valence-corrected chi connectivity index (χ0v) is 23.3. The van der Waals surface area contributed by atoms with Gasteiger partial charge in [0.15, 0.2) is 0 Å². The molecule has 2 aliphatic heterocycles. The number of carbonyl (C=O) groups is 4. The molecule has 0 unspecified atom stereocenters. The van der Waals surface area contributed by atoms with Crippen molar-refractivity contribution in [2.45, 2.75) is 38.1 Å². The summed E-state index contributed by atoms with van der Waals surface area (Å²) < 4.78 is 31.7. The van der Waals surface area contributed by atoms with E-state index in [-0.39, 0.29) is 57.6 Å². The summed E-state index contributed by atoms with van der Waals surface area (Å²) in [6.07, 6.45) is 0.569. The van der Waals surface area contributed by atoms with Crippen molar-refractivity contribution in [3.63, 3.8) is 0 Å². The maximum atomic E-state index is 13.7. The molecule has 0 radical (unpaired) electrons. The second-order valence-corrected chi connectivity index (χ2v) is 10.0. The van der Waals surface area contributed by atoms with Gasteiger partial charge in [0.1, 0.15) is 30.4 Å². The number of hydrogen-bond acceptors (Lipinski definition) is 6. The fraction of sp³-hybridized carbons (Fsp3) is 0.379. The molecule has 11 nitrogen and oxygen atoms in total. The summed E-state index contributed by atoms with van der Waals surface area (Å²) in [6, 6.07) is 10.1. The SMILES string of the molecule is C=CCOC(=O)NCCC[C@H]1C(=O)N(Cc2ccc(F)cc2)C[C@H]2N1C(=O)CN(C)N2C(=O)NCc1ccc(F)cc1. The predicted molar refractivity (Wildman–Crippen MR) is 148 cm³/mol. The lowest BCUT2D eigenvalue weighted by molar-refractivity contribution is -0.188. The van der Waals surface area contributed by atoms with E-state index >= 15 is 0 Å². The largest absolute Gasteiger partial charge is 0.445 e. The van der Waals surface area contributed by atoms with Gasteiger partial charge in [-0.15, -0.1) is 0 Å². The van der Waals surface area contributed by atoms with Gasteiger partial charge in [-0.25, -0.2) is 28.4 Å². The molecule has 2 aliphatic rings. The molecule has 13 heteroatoms. The Bertz CT molecular complexity index is 1290. The van der Waals surface area contributed by atoms with E-state index in [1.165, 1.54) is 45.3 Å². The number of fused-ring (bicyclic) bond motifs is 1. The van der Waals surface area contributed by atoms with Gasteiger partial charge in [0.25, 0.3) is 0 Å². The molecule has 224 valence electrons. The molecular formula is C29H34F2N6O5. The van der Waals surface area contributed by atoms with E-state index < -0.39 is 36.0 Å². The number of likely N-dealkylation sites (N-methyl/N-ethyl adjacent to an activating group) is 1. The van der Waals surface area contributed by atoms with Crippen LogP contribution in [-0.2, 0) is 27.4 Å². The van der Waals surface area contributed by atoms with Gasteiger partial charge < -0.3 is 25.2 Å². The first-order chi connectivity index (χ1) is 20.2. The molecule has 2 aromatic carbocycles. The number of piperazine rings is 1. The normalized spacial score (nSPS) is 18.9. The van der Waals surface area contributed by atoms with Gasteiger partial charge in [0.2, 0.25) is 11.8 Å². The van der Waals surface area contributed by atoms with Crippen LogP contribution in [-0.4, -0.2) is 89.3 Å². The Kier molecular flexibility index (Phi) is 10.1. The van der Waals surface area contributed by atoms with Gasteiger partial charge in [-0.3, -0.25) is 9.59 Å². The van der Waals surface area contributed by atoms with Gasteiger partial charge in [-0.2, -0.15) is 0 Å². The van der Waals surface area contributed by atoms with Crippen LogP contribution in [0.2, 0.25) is 0 Å². The van der Waals surface area contributed by atoms with E-state index in [4.69, 9.17) is 4.74 Å². The van der Waals surface area contributed by atoms with E-state index in [0.29, 0.717) is 17.5 Å². The Labute approximate surface area is 242 Å². The third kappa shape index (κ3) is 7.40. The molecule has 0 aliphatic carbocycles. The first-order valence-corrected chi connectivity index (χ1v) is 13.6. The van der Waals surface area contributed by atoms with Crippen LogP contribution >= 0.6 is 0 Å². The maximum absolute atomic E-state index is 13.7. The average Bonchev–Trinajstić information content (AvgIpc) is 2.96. The summed E-state index contributed by atoms with van der Waals surface area (Å²) in [6.45, 7) is 3.91. The molecule has 0 spiro atoms. The Morgan fingerprint density at radius 3 is 2.31 bits per heavy atom. The van der Waals surface area contributed by atoms with Crippen LogP contribution in [0.25, 0.3) is 0 Å². The van der Waals surface area contributed by atoms with Crippen molar-refractivity contribution in [3.8, 4) is 0 Å². The highest BCUT2D eigenvalue weighted by atomic mass is 19.1. The van der Waals surface area contributed by atoms with Gasteiger partial charge in [0.05, 0.1) is 13.1 Å². The topological polar surface area (TPSA) is 115 Å². The minimum Gasteiger partial charge on any atom is -0.445 e. The predicted octanol–water partition coefficient (Wildman–Crippen LogP) is 2.59. The molecule has 2 N–H and O–H groups in total. The standard InChI is InChI=1S/C29H34F2N6O5/c1-3-15-42-29(41)32-14-4-5-24-27(39)35(17-21-8-12-23(31)13-9-21)18-25-36(24)26(38)19-34(2)37(25)28(40)33-16-20-6-10-22(30)11-7-20/h3,6-13,24-25H,1,4-5,14-19H2,2H3,(H,32,41)(H,33,40)/t24-,25-/m0/s1. The van der Waals surface area contributed by atoms with Crippen LogP contribution in [0.15, 0.2) is 61.2 Å². The molecule has 42 heavy (non-hydrogen) atoms. The number of amides is 5. The molecule has 4 rings (SSSR count). The lowest BCUT2D eigenvalue weighted by atomic mass is 10.0. The molecule has 0 bridgehead atoms. The summed E-state index contributed by atoms with van der Waals surface area (Å²) in [5.74, 6) is -1.42. The van der Waals surface area contributed by atoms with E-state index in [2.05, 4.69) is 17.2 Å². The fourth-order valence-corrected chi connectivity index (χ4v) is 5.07. The molecule has 2 heterocycles. The number of ether oxygens (including phenoxy) is 1. The van der Waals surface area contributed by atoms with Crippen molar-refractivity contribution in [1.82, 2.24) is 30.5 Å². The van der Waals surface area contributed by atoms with Gasteiger partial charge in [-0.05, 0) is 48.2 Å². The number of halogens is 2. The zero-order chi connectivity index (χ0) is 30.2. The van der Waals surface area contributed by atoms with Crippen LogP contribution in [0.4, 0.5) is 18.4 Å². The number of benzene rings is 2. The van der Waals surface area contributed by atoms with Gasteiger partial charge in [-0.1, -0.05) is 36.9 Å². The highest BCUT2D eigenvalue weighted by Gasteiger charge is 2.50. The Balaban J connectivity index is 1.54. The lowest BCUT2D eigenvalue weighted by Crippen LogP contribution is -2.75. The summed E-state index contributed by atoms with van der Waals surface area (Å²) in [4.78, 5) is 55.3. The van der Waals surface area contributed by atoms with Crippen molar-refractivity contribution in [2.75, 3.05) is 33.3 Å². The average molecular weight is 585 g/mol. The second kappa shape index (κ2) is 13.9. The lowest BCUT2D eigenvalue weighted by Gasteiger charge is -2.54. The number of alkyl carbamates (subject to hydrolysis) is 1. The molecule has 2 saturated heterocycles. The molecule has 2 aromatic rings. The number of nitrogens with zero attached hydrogens (tertiary/aromatic N) is 4. The number of urea groups is 1. The van der Waals surface area contributed by atoms with Crippen LogP contribution < -0.4 is 10.6 Å². The summed E-state index contributed by atoms with van der Waals surface area (Å²) in [7, 11) is 1.61. The summed E-state index contributed by atoms with van der Waals surface area (Å²) in [5.41, 5.74) is 1.37. The number of hydrogen-bond donors (Lipinski definition) is 2. The Morgan fingerprint density at radius 2 is 1.67 bits per heavy atom. The van der Waals surface area contributed by atoms with Crippen LogP contribution in [0.5, 0.6) is 0 Å². The molecule has 0 aromatic heterocycles. The zero-order valence-electron chi connectivity index (χ0n) is 23.3. The number of hydrazine groups is 1. The highest BCUT2D eigenvalue weighted by molar-refractivity contribution is 5.91. The van der Waals surface area contributed by atoms with E-state index in [1.54, 1.807) is 36.2 Å². The highest BCUT2D eigenvalue weighted by Crippen LogP contribution is 2.29. The molecular weight excluding hydrogens is 550 g/mol. The Hall–Kier alpha value is -4.52. The van der Waals surface area contributed by atoms with Crippen molar-refractivity contribution < 1.29 is 32.7 Å². The Morgan fingerprint density at radius 1 is 1.02 bits per heavy atom. The number of carbonyl (C=O) groups excluding carboxylic acids is 4. The van der Waals surface area contributed by atoms with Gasteiger partial charge in [0, 0.05) is 26.7 Å². The van der Waals surface area contributed by atoms with Crippen LogP contribution in [0.3, 0.4) is 0 Å². The number of rotatable bonds is 10. The maximum Gasteiger partial charge on any atom is 0.407 e. The van der Waals surface area contributed by atoms with Crippen molar-refractivity contribution in [1.29, 1.82) is 0 Å². The van der Waals surface area contributed by atoms with E-state index in [1.807, 2.05) is 0 Å². The molecule has 0 saturated carbocycles. The second-order valence-electron chi connectivity index (χ2n) is 10.0. The molecule has 2 atom stereocenters. The minimum atomic E-state index is -0.899. The van der Waals surface area contributed by atoms with Gasteiger partial charge >= 0.3 is 12.1 Å². The molecule has 5 amide bonds. The number of nitrogens with one attached hydrogen (secondary N) is 2. The third-order valence-electron chi connectivity index (χ3n) is 7.05. The van der Waals surface area contributed by atoms with Crippen LogP contribution in [0.1, 0.15) is 24.0 Å². The quantitative estimate of drug-likeness (QED) is 0.328. The van der Waals surface area contributed by atoms with Crippen LogP contribution in [0, 0.1) is 11.6 Å². The van der Waals surface area contributed by atoms with Crippen molar-refractivity contribution in [2.24, 2.45) is 0 Å². The summed E-state index contributed by atoms with van der Waals surface area (Å²) >= 11 is 0. The summed E-state index contributed by atoms with van der Waals surface area (Å²) in [5, 5.41) is 8.33. The molecule has 2 fully saturated rings. The minimum absolute atomic E-state index is 0.0267. The first kappa shape index (κ1) is 30.4. The fourth-order valence-electron chi connectivity index (χ4n) is 5.07. The monoisotopic (exact) mass is 584 g/mol. The smallest absolute Gasteiger partial charge is 0.407 e. The third-order valence-corrected chi connectivity index (χ3v) is 7.05. The van der Waals surface area contributed by atoms with E-state index in [9.17, 15) is 28.0 Å². The van der Waals surface area contributed by atoms with E-state index in [0.717, 1.165) is 0 Å². The van der Waals surface area contributed by atoms with Crippen molar-refractivity contribution in [3.05, 3.63) is 83.9 Å².